The highest BCUT2D eigenvalue weighted by molar-refractivity contribution is 7.89. The molecule has 1 rings (SSSR count). The number of ether oxygens (including phenoxy) is 1. The highest BCUT2D eigenvalue weighted by Gasteiger charge is 2.15. The molecule has 0 aliphatic heterocycles. The molecule has 0 aliphatic carbocycles. The van der Waals surface area contributed by atoms with Crippen molar-refractivity contribution in [3.05, 3.63) is 18.2 Å². The summed E-state index contributed by atoms with van der Waals surface area (Å²) in [7, 11) is -2.40. The molecule has 0 aromatic heterocycles. The Morgan fingerprint density at radius 1 is 1.44 bits per heavy atom. The maximum Gasteiger partial charge on any atom is 0.241 e. The number of nitrogens with one attached hydrogen (secondary N) is 1. The zero-order valence-corrected chi connectivity index (χ0v) is 9.75. The Bertz CT molecular complexity index is 459. The lowest BCUT2D eigenvalue weighted by molar-refractivity contribution is 0.403. The van der Waals surface area contributed by atoms with Gasteiger partial charge in [0.15, 0.2) is 0 Å². The summed E-state index contributed by atoms with van der Waals surface area (Å²) in [5.74, 6) is 0.223. The molecule has 0 bridgehead atoms. The Morgan fingerprint density at radius 3 is 2.62 bits per heavy atom. The summed E-state index contributed by atoms with van der Waals surface area (Å²) in [6.07, 6.45) is 0. The molecule has 0 atom stereocenters. The van der Waals surface area contributed by atoms with Crippen LogP contribution in [-0.2, 0) is 10.0 Å². The first-order chi connectivity index (χ1) is 7.49. The maximum atomic E-state index is 11.3. The Balaban J connectivity index is 3.12. The summed E-state index contributed by atoms with van der Waals surface area (Å²) < 4.78 is 27.5. The lowest BCUT2D eigenvalue weighted by atomic mass is 10.3. The van der Waals surface area contributed by atoms with E-state index in [-0.39, 0.29) is 10.6 Å². The minimum atomic E-state index is -3.79. The first-order valence-corrected chi connectivity index (χ1v) is 6.18. The third-order valence-corrected chi connectivity index (χ3v) is 2.88. The van der Waals surface area contributed by atoms with Crippen LogP contribution in [0.1, 0.15) is 0 Å². The Morgan fingerprint density at radius 2 is 2.12 bits per heavy atom. The number of anilines is 1. The normalized spacial score (nSPS) is 11.2. The Kier molecular flexibility index (Phi) is 4.11. The number of rotatable bonds is 5. The second-order valence-electron chi connectivity index (χ2n) is 3.13. The Hall–Kier alpha value is -1.31. The van der Waals surface area contributed by atoms with E-state index in [4.69, 9.17) is 15.6 Å². The van der Waals surface area contributed by atoms with Crippen molar-refractivity contribution in [1.29, 1.82) is 0 Å². The van der Waals surface area contributed by atoms with Crippen LogP contribution in [0.15, 0.2) is 23.1 Å². The molecule has 5 N–H and O–H groups in total. The summed E-state index contributed by atoms with van der Waals surface area (Å²) >= 11 is 0. The van der Waals surface area contributed by atoms with Crippen LogP contribution in [0.25, 0.3) is 0 Å². The largest absolute Gasteiger partial charge is 0.495 e. The van der Waals surface area contributed by atoms with Gasteiger partial charge in [-0.2, -0.15) is 0 Å². The van der Waals surface area contributed by atoms with Gasteiger partial charge < -0.3 is 15.8 Å². The van der Waals surface area contributed by atoms with Crippen molar-refractivity contribution in [1.82, 2.24) is 0 Å². The van der Waals surface area contributed by atoms with E-state index in [0.717, 1.165) is 0 Å². The van der Waals surface area contributed by atoms with Gasteiger partial charge in [0.1, 0.15) is 10.6 Å². The van der Waals surface area contributed by atoms with E-state index < -0.39 is 10.0 Å². The summed E-state index contributed by atoms with van der Waals surface area (Å²) in [6, 6.07) is 4.66. The number of benzene rings is 1. The van der Waals surface area contributed by atoms with Crippen LogP contribution in [0, 0.1) is 0 Å². The quantitative estimate of drug-likeness (QED) is 0.661. The third kappa shape index (κ3) is 3.09. The van der Waals surface area contributed by atoms with Gasteiger partial charge in [-0.3, -0.25) is 0 Å². The maximum absolute atomic E-state index is 11.3. The monoisotopic (exact) mass is 245 g/mol. The lowest BCUT2D eigenvalue weighted by Crippen LogP contribution is -2.16. The molecule has 0 heterocycles. The van der Waals surface area contributed by atoms with Gasteiger partial charge in [0, 0.05) is 18.8 Å². The van der Waals surface area contributed by atoms with E-state index in [9.17, 15) is 8.42 Å². The second kappa shape index (κ2) is 5.15. The standard InChI is InChI=1S/C9H15N3O3S/c1-15-8-3-2-7(12-5-4-10)6-9(8)16(11,13)14/h2-3,6,12H,4-5,10H2,1H3,(H2,11,13,14). The molecule has 0 radical (unpaired) electrons. The molecule has 1 aromatic carbocycles. The minimum Gasteiger partial charge on any atom is -0.495 e. The molecule has 0 saturated heterocycles. The minimum absolute atomic E-state index is 0.0444. The average molecular weight is 245 g/mol. The predicted octanol–water partition coefficient (Wildman–Crippen LogP) is -0.287. The fourth-order valence-electron chi connectivity index (χ4n) is 1.23. The molecule has 6 nitrogen and oxygen atoms in total. The molecule has 1 aromatic rings. The molecule has 0 unspecified atom stereocenters. The van der Waals surface area contributed by atoms with Gasteiger partial charge in [0.2, 0.25) is 10.0 Å². The van der Waals surface area contributed by atoms with Gasteiger partial charge in [-0.25, -0.2) is 13.6 Å². The van der Waals surface area contributed by atoms with Crippen LogP contribution in [0.5, 0.6) is 5.75 Å². The van der Waals surface area contributed by atoms with E-state index in [1.54, 1.807) is 12.1 Å². The summed E-state index contributed by atoms with van der Waals surface area (Å²) in [5.41, 5.74) is 5.96. The van der Waals surface area contributed by atoms with E-state index in [2.05, 4.69) is 5.32 Å². The number of hydrogen-bond acceptors (Lipinski definition) is 5. The molecule has 90 valence electrons. The van der Waals surface area contributed by atoms with Crippen molar-refractivity contribution >= 4 is 15.7 Å². The molecule has 0 saturated carbocycles. The highest BCUT2D eigenvalue weighted by atomic mass is 32.2. The van der Waals surface area contributed by atoms with Crippen LogP contribution >= 0.6 is 0 Å². The zero-order valence-electron chi connectivity index (χ0n) is 8.93. The van der Waals surface area contributed by atoms with Gasteiger partial charge in [0.05, 0.1) is 7.11 Å². The first kappa shape index (κ1) is 12.8. The summed E-state index contributed by atoms with van der Waals surface area (Å²) in [6.45, 7) is 1.01. The molecule has 16 heavy (non-hydrogen) atoms. The first-order valence-electron chi connectivity index (χ1n) is 4.64. The lowest BCUT2D eigenvalue weighted by Gasteiger charge is -2.10. The zero-order chi connectivity index (χ0) is 12.2. The van der Waals surface area contributed by atoms with Crippen molar-refractivity contribution in [3.8, 4) is 5.75 Å². The molecule has 0 amide bonds. The van der Waals surface area contributed by atoms with Gasteiger partial charge >= 0.3 is 0 Å². The van der Waals surface area contributed by atoms with E-state index >= 15 is 0 Å². The molecular formula is C9H15N3O3S. The average Bonchev–Trinajstić information content (AvgIpc) is 2.24. The van der Waals surface area contributed by atoms with Crippen LogP contribution < -0.4 is 20.9 Å². The number of sulfonamides is 1. The number of hydrogen-bond donors (Lipinski definition) is 3. The molecule has 0 spiro atoms. The fourth-order valence-corrected chi connectivity index (χ4v) is 1.95. The van der Waals surface area contributed by atoms with Crippen LogP contribution in [-0.4, -0.2) is 28.6 Å². The molecule has 0 fully saturated rings. The van der Waals surface area contributed by atoms with Crippen LogP contribution in [0.4, 0.5) is 5.69 Å². The topological polar surface area (TPSA) is 107 Å². The SMILES string of the molecule is COc1ccc(NCCN)cc1S(N)(=O)=O. The second-order valence-corrected chi connectivity index (χ2v) is 4.66. The smallest absolute Gasteiger partial charge is 0.241 e. The van der Waals surface area contributed by atoms with Crippen molar-refractivity contribution in [2.75, 3.05) is 25.5 Å². The summed E-state index contributed by atoms with van der Waals surface area (Å²) in [4.78, 5) is -0.0444. The van der Waals surface area contributed by atoms with E-state index in [1.165, 1.54) is 13.2 Å². The molecule has 0 aliphatic rings. The third-order valence-electron chi connectivity index (χ3n) is 1.94. The summed E-state index contributed by atoms with van der Waals surface area (Å²) in [5, 5.41) is 8.03. The molecule has 7 heteroatoms. The van der Waals surface area contributed by atoms with Gasteiger partial charge in [-0.05, 0) is 18.2 Å². The van der Waals surface area contributed by atoms with Crippen molar-refractivity contribution in [2.24, 2.45) is 10.9 Å². The Labute approximate surface area is 94.6 Å². The molecular weight excluding hydrogens is 230 g/mol. The van der Waals surface area contributed by atoms with Crippen molar-refractivity contribution in [2.45, 2.75) is 4.90 Å². The van der Waals surface area contributed by atoms with E-state index in [0.29, 0.717) is 18.8 Å². The van der Waals surface area contributed by atoms with E-state index in [1.807, 2.05) is 0 Å². The van der Waals surface area contributed by atoms with Gasteiger partial charge in [-0.1, -0.05) is 0 Å². The predicted molar refractivity (Wildman–Crippen MR) is 61.9 cm³/mol. The highest BCUT2D eigenvalue weighted by Crippen LogP contribution is 2.25. The number of primary sulfonamides is 1. The van der Waals surface area contributed by atoms with Crippen LogP contribution in [0.2, 0.25) is 0 Å². The fraction of sp³-hybridized carbons (Fsp3) is 0.333. The number of methoxy groups -OCH3 is 1. The van der Waals surface area contributed by atoms with Crippen LogP contribution in [0.3, 0.4) is 0 Å². The number of nitrogens with two attached hydrogens (primary N) is 2. The van der Waals surface area contributed by atoms with Gasteiger partial charge in [0.25, 0.3) is 0 Å². The van der Waals surface area contributed by atoms with Crippen molar-refractivity contribution < 1.29 is 13.2 Å². The van der Waals surface area contributed by atoms with Gasteiger partial charge in [-0.15, -0.1) is 0 Å². The van der Waals surface area contributed by atoms with Crippen molar-refractivity contribution in [3.63, 3.8) is 0 Å².